The summed E-state index contributed by atoms with van der Waals surface area (Å²) >= 11 is 0. The van der Waals surface area contributed by atoms with Crippen LogP contribution < -0.4 is 20.7 Å². The molecule has 0 fully saturated rings. The van der Waals surface area contributed by atoms with Crippen LogP contribution in [0.4, 0.5) is 10.5 Å². The molecule has 0 bridgehead atoms. The number of nitrogens with zero attached hydrogens (tertiary/aromatic N) is 1. The van der Waals surface area contributed by atoms with E-state index in [2.05, 4.69) is 16.0 Å². The normalized spacial score (nSPS) is 10.7. The number of hydrogen-bond donors (Lipinski definition) is 3. The Morgan fingerprint density at radius 3 is 2.31 bits per heavy atom. The molecule has 8 nitrogen and oxygen atoms in total. The van der Waals surface area contributed by atoms with E-state index in [1.807, 2.05) is 79.7 Å². The molecule has 0 aromatic heterocycles. The zero-order valence-electron chi connectivity index (χ0n) is 21.0. The van der Waals surface area contributed by atoms with Gasteiger partial charge in [0.25, 0.3) is 5.91 Å². The van der Waals surface area contributed by atoms with E-state index < -0.39 is 0 Å². The number of benzene rings is 3. The molecule has 0 saturated heterocycles. The number of nitrogens with one attached hydrogen (secondary N) is 3. The topological polar surface area (TPSA) is 91.9 Å². The second kappa shape index (κ2) is 13.9. The number of carbonyl (C=O) groups is 2. The Morgan fingerprint density at radius 1 is 0.833 bits per heavy atom. The minimum absolute atomic E-state index is 0.130. The van der Waals surface area contributed by atoms with Crippen molar-refractivity contribution in [1.29, 1.82) is 0 Å². The SMILES string of the molecule is COc1ccc(COCc2cccc(NC(=O)NCc3cccc(C(=O)NCCN(C)C)c3)c2)cc1. The number of likely N-dealkylation sites (N-methyl/N-ethyl adjacent to an activating group) is 1. The number of hydrogen-bond acceptors (Lipinski definition) is 5. The second-order valence-electron chi connectivity index (χ2n) is 8.61. The van der Waals surface area contributed by atoms with Crippen LogP contribution in [0.5, 0.6) is 5.75 Å². The van der Waals surface area contributed by atoms with Crippen LogP contribution in [0.2, 0.25) is 0 Å². The molecule has 0 aliphatic rings. The Labute approximate surface area is 212 Å². The second-order valence-corrected chi connectivity index (χ2v) is 8.61. The van der Waals surface area contributed by atoms with Gasteiger partial charge in [0.1, 0.15) is 5.75 Å². The fourth-order valence-electron chi connectivity index (χ4n) is 3.42. The van der Waals surface area contributed by atoms with Crippen molar-refractivity contribution in [2.45, 2.75) is 19.8 Å². The number of carbonyl (C=O) groups excluding carboxylic acids is 2. The van der Waals surface area contributed by atoms with Gasteiger partial charge in [0, 0.05) is 30.9 Å². The van der Waals surface area contributed by atoms with E-state index >= 15 is 0 Å². The van der Waals surface area contributed by atoms with E-state index in [0.29, 0.717) is 37.6 Å². The van der Waals surface area contributed by atoms with E-state index in [4.69, 9.17) is 9.47 Å². The van der Waals surface area contributed by atoms with Gasteiger partial charge in [-0.2, -0.15) is 0 Å². The van der Waals surface area contributed by atoms with Crippen molar-refractivity contribution in [3.63, 3.8) is 0 Å². The monoisotopic (exact) mass is 490 g/mol. The molecule has 36 heavy (non-hydrogen) atoms. The summed E-state index contributed by atoms with van der Waals surface area (Å²) < 4.78 is 11.0. The summed E-state index contributed by atoms with van der Waals surface area (Å²) in [5, 5.41) is 8.57. The van der Waals surface area contributed by atoms with Gasteiger partial charge < -0.3 is 30.3 Å². The van der Waals surface area contributed by atoms with Crippen LogP contribution in [0.3, 0.4) is 0 Å². The molecular formula is C28H34N4O4. The molecule has 8 heteroatoms. The minimum atomic E-state index is -0.327. The van der Waals surface area contributed by atoms with Gasteiger partial charge in [-0.1, -0.05) is 36.4 Å². The van der Waals surface area contributed by atoms with E-state index in [9.17, 15) is 9.59 Å². The van der Waals surface area contributed by atoms with Gasteiger partial charge >= 0.3 is 6.03 Å². The quantitative estimate of drug-likeness (QED) is 0.357. The highest BCUT2D eigenvalue weighted by Crippen LogP contribution is 2.15. The maximum Gasteiger partial charge on any atom is 0.319 e. The number of anilines is 1. The van der Waals surface area contributed by atoms with Crippen LogP contribution in [0, 0.1) is 0 Å². The predicted molar refractivity (Wildman–Crippen MR) is 141 cm³/mol. The van der Waals surface area contributed by atoms with Gasteiger partial charge in [0.05, 0.1) is 20.3 Å². The summed E-state index contributed by atoms with van der Waals surface area (Å²) in [6.45, 7) is 2.54. The molecule has 3 rings (SSSR count). The number of rotatable bonds is 12. The molecule has 0 aliphatic carbocycles. The van der Waals surface area contributed by atoms with E-state index in [-0.39, 0.29) is 11.9 Å². The summed E-state index contributed by atoms with van der Waals surface area (Å²) in [4.78, 5) is 26.8. The molecule has 0 radical (unpaired) electrons. The molecule has 0 unspecified atom stereocenters. The third-order valence-corrected chi connectivity index (χ3v) is 5.37. The molecule has 0 aliphatic heterocycles. The maximum atomic E-state index is 12.4. The highest BCUT2D eigenvalue weighted by atomic mass is 16.5. The van der Waals surface area contributed by atoms with Gasteiger partial charge in [-0.3, -0.25) is 4.79 Å². The molecule has 3 amide bonds. The van der Waals surface area contributed by atoms with Gasteiger partial charge in [0.2, 0.25) is 0 Å². The number of urea groups is 1. The lowest BCUT2D eigenvalue weighted by molar-refractivity contribution is 0.0951. The van der Waals surface area contributed by atoms with Gasteiger partial charge in [-0.25, -0.2) is 4.79 Å². The number of amides is 3. The standard InChI is InChI=1S/C28H34N4O4/c1-32(2)15-14-29-27(33)24-8-4-6-22(16-24)18-30-28(34)31-25-9-5-7-23(17-25)20-36-19-21-10-12-26(35-3)13-11-21/h4-13,16-17H,14-15,18-20H2,1-3H3,(H,29,33)(H2,30,31,34). The van der Waals surface area contributed by atoms with Crippen LogP contribution in [0.1, 0.15) is 27.0 Å². The molecule has 190 valence electrons. The largest absolute Gasteiger partial charge is 0.497 e. The Bertz CT molecular complexity index is 1130. The first-order chi connectivity index (χ1) is 17.4. The van der Waals surface area contributed by atoms with Crippen molar-refractivity contribution in [1.82, 2.24) is 15.5 Å². The fraction of sp³-hybridized carbons (Fsp3) is 0.286. The highest BCUT2D eigenvalue weighted by molar-refractivity contribution is 5.94. The lowest BCUT2D eigenvalue weighted by atomic mass is 10.1. The van der Waals surface area contributed by atoms with Crippen molar-refractivity contribution in [2.24, 2.45) is 0 Å². The first-order valence-electron chi connectivity index (χ1n) is 11.8. The van der Waals surface area contributed by atoms with Gasteiger partial charge in [0.15, 0.2) is 0 Å². The van der Waals surface area contributed by atoms with Gasteiger partial charge in [-0.05, 0) is 67.2 Å². The zero-order valence-corrected chi connectivity index (χ0v) is 21.0. The summed E-state index contributed by atoms with van der Waals surface area (Å²) in [6, 6.07) is 22.2. The molecule has 0 saturated carbocycles. The average molecular weight is 491 g/mol. The van der Waals surface area contributed by atoms with Crippen LogP contribution >= 0.6 is 0 Å². The first-order valence-corrected chi connectivity index (χ1v) is 11.8. The summed E-state index contributed by atoms with van der Waals surface area (Å²) in [7, 11) is 5.55. The van der Waals surface area contributed by atoms with Crippen LogP contribution in [-0.2, 0) is 24.5 Å². The number of methoxy groups -OCH3 is 1. The van der Waals surface area contributed by atoms with Crippen LogP contribution in [-0.4, -0.2) is 51.1 Å². The van der Waals surface area contributed by atoms with Crippen LogP contribution in [0.15, 0.2) is 72.8 Å². The van der Waals surface area contributed by atoms with Gasteiger partial charge in [-0.15, -0.1) is 0 Å². The smallest absolute Gasteiger partial charge is 0.319 e. The Kier molecular flexibility index (Phi) is 10.3. The van der Waals surface area contributed by atoms with E-state index in [1.165, 1.54) is 0 Å². The predicted octanol–water partition coefficient (Wildman–Crippen LogP) is 4.03. The lowest BCUT2D eigenvalue weighted by Gasteiger charge is -2.12. The third-order valence-electron chi connectivity index (χ3n) is 5.37. The Hall–Kier alpha value is -3.88. The highest BCUT2D eigenvalue weighted by Gasteiger charge is 2.08. The lowest BCUT2D eigenvalue weighted by Crippen LogP contribution is -2.31. The summed E-state index contributed by atoms with van der Waals surface area (Å²) in [6.07, 6.45) is 0. The van der Waals surface area contributed by atoms with Crippen molar-refractivity contribution in [2.75, 3.05) is 39.6 Å². The minimum Gasteiger partial charge on any atom is -0.497 e. The van der Waals surface area contributed by atoms with Crippen LogP contribution in [0.25, 0.3) is 0 Å². The Balaban J connectivity index is 1.44. The molecule has 3 aromatic carbocycles. The molecule has 0 heterocycles. The van der Waals surface area contributed by atoms with Crippen molar-refractivity contribution < 1.29 is 19.1 Å². The zero-order chi connectivity index (χ0) is 25.8. The molecule has 3 N–H and O–H groups in total. The van der Waals surface area contributed by atoms with E-state index in [1.54, 1.807) is 19.2 Å². The molecular weight excluding hydrogens is 456 g/mol. The fourth-order valence-corrected chi connectivity index (χ4v) is 3.42. The maximum absolute atomic E-state index is 12.4. The first kappa shape index (κ1) is 26.7. The Morgan fingerprint density at radius 2 is 1.56 bits per heavy atom. The van der Waals surface area contributed by atoms with Crippen molar-refractivity contribution >= 4 is 17.6 Å². The van der Waals surface area contributed by atoms with E-state index in [0.717, 1.165) is 29.0 Å². The molecule has 0 spiro atoms. The van der Waals surface area contributed by atoms with Crippen molar-refractivity contribution in [3.05, 3.63) is 95.1 Å². The average Bonchev–Trinajstić information content (AvgIpc) is 2.88. The molecule has 0 atom stereocenters. The van der Waals surface area contributed by atoms with Crippen molar-refractivity contribution in [3.8, 4) is 5.75 Å². The third kappa shape index (κ3) is 9.05. The summed E-state index contributed by atoms with van der Waals surface area (Å²) in [5.41, 5.74) is 4.09. The molecule has 3 aromatic rings. The number of ether oxygens (including phenoxy) is 2. The summed E-state index contributed by atoms with van der Waals surface area (Å²) in [5.74, 6) is 0.679.